The van der Waals surface area contributed by atoms with Gasteiger partial charge in [0.25, 0.3) is 0 Å². The van der Waals surface area contributed by atoms with E-state index in [2.05, 4.69) is 15.5 Å². The van der Waals surface area contributed by atoms with E-state index in [0.717, 1.165) is 12.1 Å². The summed E-state index contributed by atoms with van der Waals surface area (Å²) in [4.78, 5) is 12.2. The van der Waals surface area contributed by atoms with Crippen LogP contribution in [0.1, 0.15) is 6.92 Å². The van der Waals surface area contributed by atoms with Crippen LogP contribution in [-0.2, 0) is 11.8 Å². The van der Waals surface area contributed by atoms with Crippen molar-refractivity contribution in [3.63, 3.8) is 0 Å². The van der Waals surface area contributed by atoms with Gasteiger partial charge in [-0.1, -0.05) is 11.8 Å². The molecule has 9 heteroatoms. The smallest absolute Gasteiger partial charge is 0.237 e. The molecule has 1 aromatic carbocycles. The SMILES string of the molecule is CC(Sc1nnc(-c2ccco2)n1C)C(=O)Nc1ccc(F)c(F)c1. The van der Waals surface area contributed by atoms with E-state index in [4.69, 9.17) is 4.42 Å². The maximum absolute atomic E-state index is 13.2. The van der Waals surface area contributed by atoms with E-state index in [-0.39, 0.29) is 11.6 Å². The summed E-state index contributed by atoms with van der Waals surface area (Å²) < 4.78 is 33.1. The topological polar surface area (TPSA) is 73.0 Å². The maximum Gasteiger partial charge on any atom is 0.237 e. The molecule has 0 aliphatic heterocycles. The van der Waals surface area contributed by atoms with Gasteiger partial charge in [-0.05, 0) is 31.2 Å². The zero-order valence-corrected chi connectivity index (χ0v) is 14.2. The molecule has 0 bridgehead atoms. The van der Waals surface area contributed by atoms with Crippen LogP contribution in [0.25, 0.3) is 11.6 Å². The van der Waals surface area contributed by atoms with Crippen molar-refractivity contribution in [1.29, 1.82) is 0 Å². The second-order valence-corrected chi connectivity index (χ2v) is 6.53. The molecular weight excluding hydrogens is 350 g/mol. The van der Waals surface area contributed by atoms with Gasteiger partial charge in [-0.25, -0.2) is 8.78 Å². The van der Waals surface area contributed by atoms with Gasteiger partial charge >= 0.3 is 0 Å². The molecular formula is C16H14F2N4O2S. The Labute approximate surface area is 146 Å². The molecule has 25 heavy (non-hydrogen) atoms. The van der Waals surface area contributed by atoms with Crippen LogP contribution in [-0.4, -0.2) is 25.9 Å². The number of nitrogens with one attached hydrogen (secondary N) is 1. The van der Waals surface area contributed by atoms with E-state index in [1.54, 1.807) is 30.7 Å². The van der Waals surface area contributed by atoms with Crippen LogP contribution in [0.2, 0.25) is 0 Å². The highest BCUT2D eigenvalue weighted by Crippen LogP contribution is 2.26. The quantitative estimate of drug-likeness (QED) is 0.702. The molecule has 0 spiro atoms. The molecule has 0 aliphatic rings. The third kappa shape index (κ3) is 3.71. The van der Waals surface area contributed by atoms with E-state index >= 15 is 0 Å². The Morgan fingerprint density at radius 1 is 1.28 bits per heavy atom. The van der Waals surface area contributed by atoms with Crippen LogP contribution < -0.4 is 5.32 Å². The summed E-state index contributed by atoms with van der Waals surface area (Å²) >= 11 is 1.19. The molecule has 2 aromatic heterocycles. The molecule has 3 rings (SSSR count). The van der Waals surface area contributed by atoms with Crippen molar-refractivity contribution in [2.45, 2.75) is 17.3 Å². The number of hydrogen-bond donors (Lipinski definition) is 1. The zero-order chi connectivity index (χ0) is 18.0. The summed E-state index contributed by atoms with van der Waals surface area (Å²) in [6.07, 6.45) is 1.54. The third-order valence-electron chi connectivity index (χ3n) is 3.42. The molecule has 3 aromatic rings. The second kappa shape index (κ2) is 7.06. The van der Waals surface area contributed by atoms with Crippen LogP contribution in [0, 0.1) is 11.6 Å². The first kappa shape index (κ1) is 17.2. The van der Waals surface area contributed by atoms with E-state index in [1.165, 1.54) is 24.1 Å². The molecule has 1 unspecified atom stereocenters. The van der Waals surface area contributed by atoms with Gasteiger partial charge in [0.1, 0.15) is 0 Å². The van der Waals surface area contributed by atoms with Gasteiger partial charge in [0.2, 0.25) is 5.91 Å². The molecule has 1 amide bonds. The Hall–Kier alpha value is -2.68. The highest BCUT2D eigenvalue weighted by atomic mass is 32.2. The summed E-state index contributed by atoms with van der Waals surface area (Å²) in [5.74, 6) is -1.24. The molecule has 0 radical (unpaired) electrons. The number of amides is 1. The number of furan rings is 1. The Morgan fingerprint density at radius 2 is 2.08 bits per heavy atom. The maximum atomic E-state index is 13.2. The predicted octanol–water partition coefficient (Wildman–Crippen LogP) is 3.47. The average molecular weight is 364 g/mol. The second-order valence-electron chi connectivity index (χ2n) is 5.22. The molecule has 0 fully saturated rings. The minimum Gasteiger partial charge on any atom is -0.461 e. The largest absolute Gasteiger partial charge is 0.461 e. The molecule has 6 nitrogen and oxygen atoms in total. The first-order valence-corrected chi connectivity index (χ1v) is 8.19. The van der Waals surface area contributed by atoms with Crippen molar-refractivity contribution in [3.05, 3.63) is 48.2 Å². The predicted molar refractivity (Wildman–Crippen MR) is 89.0 cm³/mol. The number of aromatic nitrogens is 3. The van der Waals surface area contributed by atoms with E-state index < -0.39 is 16.9 Å². The minimum atomic E-state index is -1.02. The van der Waals surface area contributed by atoms with Crippen LogP contribution in [0.3, 0.4) is 0 Å². The fraction of sp³-hybridized carbons (Fsp3) is 0.188. The molecule has 0 saturated heterocycles. The average Bonchev–Trinajstić information content (AvgIpc) is 3.21. The van der Waals surface area contributed by atoms with Crippen LogP contribution in [0.15, 0.2) is 46.2 Å². The van der Waals surface area contributed by atoms with Gasteiger partial charge in [-0.3, -0.25) is 4.79 Å². The van der Waals surface area contributed by atoms with Crippen molar-refractivity contribution in [3.8, 4) is 11.6 Å². The van der Waals surface area contributed by atoms with E-state index in [0.29, 0.717) is 16.7 Å². The van der Waals surface area contributed by atoms with Crippen molar-refractivity contribution >= 4 is 23.4 Å². The summed E-state index contributed by atoms with van der Waals surface area (Å²) in [5.41, 5.74) is 0.186. The molecule has 0 aliphatic carbocycles. The number of benzene rings is 1. The monoisotopic (exact) mass is 364 g/mol. The molecule has 130 valence electrons. The number of thioether (sulfide) groups is 1. The van der Waals surface area contributed by atoms with Gasteiger partial charge in [0.05, 0.1) is 11.5 Å². The summed E-state index contributed by atoms with van der Waals surface area (Å²) in [5, 5.41) is 10.6. The Kier molecular flexibility index (Phi) is 4.84. The lowest BCUT2D eigenvalue weighted by molar-refractivity contribution is -0.115. The summed E-state index contributed by atoms with van der Waals surface area (Å²) in [6, 6.07) is 6.69. The Balaban J connectivity index is 1.68. The van der Waals surface area contributed by atoms with E-state index in [1.807, 2.05) is 0 Å². The lowest BCUT2D eigenvalue weighted by atomic mass is 10.3. The van der Waals surface area contributed by atoms with E-state index in [9.17, 15) is 13.6 Å². The number of halogens is 2. The first-order valence-electron chi connectivity index (χ1n) is 7.31. The van der Waals surface area contributed by atoms with Crippen molar-refractivity contribution < 1.29 is 18.0 Å². The lowest BCUT2D eigenvalue weighted by Gasteiger charge is -2.11. The third-order valence-corrected chi connectivity index (χ3v) is 4.55. The lowest BCUT2D eigenvalue weighted by Crippen LogP contribution is -2.23. The van der Waals surface area contributed by atoms with Gasteiger partial charge in [-0.15, -0.1) is 10.2 Å². The normalized spacial score (nSPS) is 12.2. The Bertz CT molecular complexity index is 896. The number of carbonyl (C=O) groups is 1. The molecule has 1 N–H and O–H groups in total. The molecule has 1 atom stereocenters. The van der Waals surface area contributed by atoms with Gasteiger partial charge in [0.15, 0.2) is 28.4 Å². The zero-order valence-electron chi connectivity index (χ0n) is 13.4. The minimum absolute atomic E-state index is 0.186. The van der Waals surface area contributed by atoms with Crippen molar-refractivity contribution in [2.24, 2.45) is 7.05 Å². The standard InChI is InChI=1S/C16H14F2N4O2S/c1-9(15(23)19-10-5-6-11(17)12(18)8-10)25-16-21-20-14(22(16)2)13-4-3-7-24-13/h3-9H,1-2H3,(H,19,23). The van der Waals surface area contributed by atoms with Crippen LogP contribution in [0.4, 0.5) is 14.5 Å². The summed E-state index contributed by atoms with van der Waals surface area (Å²) in [6.45, 7) is 1.68. The fourth-order valence-electron chi connectivity index (χ4n) is 2.07. The summed E-state index contributed by atoms with van der Waals surface area (Å²) in [7, 11) is 1.76. The van der Waals surface area contributed by atoms with Gasteiger partial charge in [-0.2, -0.15) is 0 Å². The number of anilines is 1. The number of hydrogen-bond acceptors (Lipinski definition) is 5. The molecule has 2 heterocycles. The van der Waals surface area contributed by atoms with Crippen LogP contribution in [0.5, 0.6) is 0 Å². The Morgan fingerprint density at radius 3 is 2.76 bits per heavy atom. The number of carbonyl (C=O) groups excluding carboxylic acids is 1. The fourth-order valence-corrected chi connectivity index (χ4v) is 2.88. The van der Waals surface area contributed by atoms with Crippen molar-refractivity contribution in [1.82, 2.24) is 14.8 Å². The number of rotatable bonds is 5. The first-order chi connectivity index (χ1) is 12.0. The van der Waals surface area contributed by atoms with Gasteiger partial charge < -0.3 is 14.3 Å². The molecule has 0 saturated carbocycles. The van der Waals surface area contributed by atoms with Gasteiger partial charge in [0, 0.05) is 18.8 Å². The van der Waals surface area contributed by atoms with Crippen molar-refractivity contribution in [2.75, 3.05) is 5.32 Å². The highest BCUT2D eigenvalue weighted by molar-refractivity contribution is 8.00. The number of nitrogens with zero attached hydrogens (tertiary/aromatic N) is 3. The highest BCUT2D eigenvalue weighted by Gasteiger charge is 2.20. The van der Waals surface area contributed by atoms with Crippen LogP contribution >= 0.6 is 11.8 Å².